The maximum atomic E-state index is 11.6. The highest BCUT2D eigenvalue weighted by molar-refractivity contribution is 6.30. The van der Waals surface area contributed by atoms with E-state index in [4.69, 9.17) is 16.3 Å². The van der Waals surface area contributed by atoms with E-state index in [1.165, 1.54) is 0 Å². The van der Waals surface area contributed by atoms with Gasteiger partial charge < -0.3 is 9.84 Å². The second-order valence-corrected chi connectivity index (χ2v) is 8.14. The molecule has 5 heteroatoms. The lowest BCUT2D eigenvalue weighted by Gasteiger charge is -2.35. The number of rotatable bonds is 9. The van der Waals surface area contributed by atoms with Crippen molar-refractivity contribution in [1.29, 1.82) is 0 Å². The van der Waals surface area contributed by atoms with E-state index in [2.05, 4.69) is 24.0 Å². The lowest BCUT2D eigenvalue weighted by molar-refractivity contribution is -0.145. The molecule has 0 bridgehead atoms. The summed E-state index contributed by atoms with van der Waals surface area (Å²) < 4.78 is 6.22. The Balaban J connectivity index is 1.56. The van der Waals surface area contributed by atoms with Crippen LogP contribution in [0.25, 0.3) is 11.1 Å². The Morgan fingerprint density at radius 3 is 2.52 bits per heavy atom. The zero-order valence-corrected chi connectivity index (χ0v) is 17.8. The molecule has 1 atom stereocenters. The first-order valence-corrected chi connectivity index (χ1v) is 10.9. The highest BCUT2D eigenvalue weighted by Crippen LogP contribution is 2.27. The highest BCUT2D eigenvalue weighted by Gasteiger charge is 2.29. The molecule has 4 nitrogen and oxygen atoms in total. The van der Waals surface area contributed by atoms with Crippen LogP contribution in [0.3, 0.4) is 0 Å². The van der Waals surface area contributed by atoms with Crippen LogP contribution in [0.1, 0.15) is 44.6 Å². The summed E-state index contributed by atoms with van der Waals surface area (Å²) >= 11 is 6.02. The molecule has 2 aromatic carbocycles. The van der Waals surface area contributed by atoms with Gasteiger partial charge in [0.2, 0.25) is 0 Å². The predicted molar refractivity (Wildman–Crippen MR) is 117 cm³/mol. The number of hydrogen-bond acceptors (Lipinski definition) is 3. The van der Waals surface area contributed by atoms with E-state index in [0.29, 0.717) is 6.61 Å². The van der Waals surface area contributed by atoms with Gasteiger partial charge in [-0.15, -0.1) is 0 Å². The summed E-state index contributed by atoms with van der Waals surface area (Å²) in [6.07, 6.45) is 4.62. The summed E-state index contributed by atoms with van der Waals surface area (Å²) in [5.41, 5.74) is 3.44. The zero-order chi connectivity index (χ0) is 20.6. The van der Waals surface area contributed by atoms with Gasteiger partial charge in [-0.25, -0.2) is 0 Å². The number of carboxylic acids is 1. The van der Waals surface area contributed by atoms with Crippen LogP contribution in [-0.2, 0) is 16.1 Å². The fourth-order valence-corrected chi connectivity index (χ4v) is 4.10. The number of unbranched alkanes of at least 4 members (excludes halogenated alkanes) is 1. The van der Waals surface area contributed by atoms with Gasteiger partial charge in [0, 0.05) is 18.1 Å². The number of likely N-dealkylation sites (tertiary alicyclic amines) is 1. The largest absolute Gasteiger partial charge is 0.480 e. The van der Waals surface area contributed by atoms with Crippen LogP contribution in [-0.4, -0.2) is 41.2 Å². The maximum Gasteiger partial charge on any atom is 0.320 e. The first-order valence-electron chi connectivity index (χ1n) is 10.5. The monoisotopic (exact) mass is 415 g/mol. The molecule has 0 spiro atoms. The molecular formula is C24H30ClNO3. The molecule has 0 aromatic heterocycles. The van der Waals surface area contributed by atoms with Crippen LogP contribution in [0.15, 0.2) is 48.5 Å². The third-order valence-electron chi connectivity index (χ3n) is 5.68. The Hall–Kier alpha value is -1.88. The number of aliphatic carboxylic acids is 1. The van der Waals surface area contributed by atoms with E-state index in [1.807, 2.05) is 36.4 Å². The predicted octanol–water partition coefficient (Wildman–Crippen LogP) is 5.63. The van der Waals surface area contributed by atoms with E-state index < -0.39 is 5.97 Å². The minimum atomic E-state index is -0.699. The number of ether oxygens (including phenoxy) is 1. The molecule has 1 unspecified atom stereocenters. The molecule has 3 rings (SSSR count). The fourth-order valence-electron chi connectivity index (χ4n) is 3.98. The lowest BCUT2D eigenvalue weighted by atomic mass is 10.00. The van der Waals surface area contributed by atoms with Crippen molar-refractivity contribution in [2.75, 3.05) is 13.1 Å². The lowest BCUT2D eigenvalue weighted by Crippen LogP contribution is -2.47. The van der Waals surface area contributed by atoms with Crippen molar-refractivity contribution in [2.45, 2.75) is 57.8 Å². The first-order chi connectivity index (χ1) is 14.1. The highest BCUT2D eigenvalue weighted by atomic mass is 35.5. The van der Waals surface area contributed by atoms with Crippen molar-refractivity contribution in [2.24, 2.45) is 0 Å². The van der Waals surface area contributed by atoms with E-state index in [0.717, 1.165) is 66.9 Å². The van der Waals surface area contributed by atoms with Crippen molar-refractivity contribution in [3.8, 4) is 11.1 Å². The van der Waals surface area contributed by atoms with E-state index in [9.17, 15) is 9.90 Å². The van der Waals surface area contributed by atoms with Crippen LogP contribution in [0, 0.1) is 0 Å². The Morgan fingerprint density at radius 2 is 1.86 bits per heavy atom. The molecule has 1 N–H and O–H groups in total. The van der Waals surface area contributed by atoms with Crippen molar-refractivity contribution in [3.05, 3.63) is 59.1 Å². The molecule has 29 heavy (non-hydrogen) atoms. The molecule has 0 radical (unpaired) electrons. The smallest absolute Gasteiger partial charge is 0.320 e. The maximum absolute atomic E-state index is 11.6. The van der Waals surface area contributed by atoms with Gasteiger partial charge in [-0.2, -0.15) is 0 Å². The third kappa shape index (κ3) is 6.05. The molecule has 1 heterocycles. The number of carboxylic acid groups (broad SMARTS) is 1. The first kappa shape index (κ1) is 21.8. The van der Waals surface area contributed by atoms with Gasteiger partial charge in [0.1, 0.15) is 6.04 Å². The van der Waals surface area contributed by atoms with E-state index in [1.54, 1.807) is 0 Å². The molecule has 0 aliphatic carbocycles. The van der Waals surface area contributed by atoms with Gasteiger partial charge >= 0.3 is 5.97 Å². The van der Waals surface area contributed by atoms with Crippen molar-refractivity contribution in [1.82, 2.24) is 4.90 Å². The summed E-state index contributed by atoms with van der Waals surface area (Å²) in [5.74, 6) is -0.699. The fraction of sp³-hybridized carbons (Fsp3) is 0.458. The average molecular weight is 416 g/mol. The molecular weight excluding hydrogens is 386 g/mol. The van der Waals surface area contributed by atoms with Crippen LogP contribution in [0.2, 0.25) is 5.02 Å². The third-order valence-corrected chi connectivity index (χ3v) is 5.93. The molecule has 156 valence electrons. The summed E-state index contributed by atoms with van der Waals surface area (Å²) in [6.45, 7) is 4.22. The van der Waals surface area contributed by atoms with Gasteiger partial charge in [-0.3, -0.25) is 9.69 Å². The topological polar surface area (TPSA) is 49.8 Å². The SMILES string of the molecule is CCCCC(C(=O)O)N1CCC(OCc2ccccc2-c2ccc(Cl)cc2)CC1. The Labute approximate surface area is 178 Å². The van der Waals surface area contributed by atoms with Crippen molar-refractivity contribution < 1.29 is 14.6 Å². The Morgan fingerprint density at radius 1 is 1.17 bits per heavy atom. The van der Waals surface area contributed by atoms with E-state index in [-0.39, 0.29) is 12.1 Å². The standard InChI is InChI=1S/C24H30ClNO3/c1-2-3-8-23(24(27)28)26-15-13-21(14-16-26)29-17-19-6-4-5-7-22(19)18-9-11-20(25)12-10-18/h4-7,9-12,21,23H,2-3,8,13-17H2,1H3,(H,27,28). The summed E-state index contributed by atoms with van der Waals surface area (Å²) in [5, 5.41) is 10.3. The minimum Gasteiger partial charge on any atom is -0.480 e. The quantitative estimate of drug-likeness (QED) is 0.576. The van der Waals surface area contributed by atoms with Crippen LogP contribution in [0.5, 0.6) is 0 Å². The zero-order valence-electron chi connectivity index (χ0n) is 17.0. The Kier molecular flexibility index (Phi) is 8.10. The Bertz CT molecular complexity index is 785. The van der Waals surface area contributed by atoms with Gasteiger partial charge in [0.05, 0.1) is 12.7 Å². The van der Waals surface area contributed by atoms with Crippen LogP contribution < -0.4 is 0 Å². The number of benzene rings is 2. The summed E-state index contributed by atoms with van der Waals surface area (Å²) in [6, 6.07) is 15.8. The average Bonchev–Trinajstić information content (AvgIpc) is 2.74. The van der Waals surface area contributed by atoms with E-state index >= 15 is 0 Å². The molecule has 1 fully saturated rings. The number of carbonyl (C=O) groups is 1. The molecule has 0 amide bonds. The second-order valence-electron chi connectivity index (χ2n) is 7.71. The number of nitrogens with zero attached hydrogens (tertiary/aromatic N) is 1. The molecule has 0 saturated carbocycles. The second kappa shape index (κ2) is 10.8. The van der Waals surface area contributed by atoms with Crippen LogP contribution in [0.4, 0.5) is 0 Å². The minimum absolute atomic E-state index is 0.171. The van der Waals surface area contributed by atoms with Gasteiger partial charge in [0.15, 0.2) is 0 Å². The van der Waals surface area contributed by atoms with Crippen molar-refractivity contribution in [3.63, 3.8) is 0 Å². The number of hydrogen-bond donors (Lipinski definition) is 1. The number of halogens is 1. The summed E-state index contributed by atoms with van der Waals surface area (Å²) in [7, 11) is 0. The van der Waals surface area contributed by atoms with Gasteiger partial charge in [-0.1, -0.05) is 67.8 Å². The van der Waals surface area contributed by atoms with Crippen molar-refractivity contribution >= 4 is 17.6 Å². The summed E-state index contributed by atoms with van der Waals surface area (Å²) in [4.78, 5) is 13.7. The normalized spacial score (nSPS) is 16.6. The molecule has 1 aliphatic rings. The number of piperidine rings is 1. The molecule has 1 aliphatic heterocycles. The van der Waals surface area contributed by atoms with Crippen LogP contribution >= 0.6 is 11.6 Å². The van der Waals surface area contributed by atoms with Gasteiger partial charge in [0.25, 0.3) is 0 Å². The molecule has 2 aromatic rings. The van der Waals surface area contributed by atoms with Gasteiger partial charge in [-0.05, 0) is 48.1 Å². The molecule has 1 saturated heterocycles.